The second-order valence-corrected chi connectivity index (χ2v) is 6.39. The lowest BCUT2D eigenvalue weighted by atomic mass is 9.95. The third-order valence-corrected chi connectivity index (χ3v) is 4.72. The first-order valence-corrected chi connectivity index (χ1v) is 8.30. The number of piperidine rings is 1. The fourth-order valence-electron chi connectivity index (χ4n) is 3.27. The smallest absolute Gasteiger partial charge is 0.256 e. The van der Waals surface area contributed by atoms with Crippen LogP contribution in [0.5, 0.6) is 0 Å². The van der Waals surface area contributed by atoms with E-state index in [1.165, 1.54) is 11.0 Å². The molecule has 2 heterocycles. The molecule has 0 saturated carbocycles. The third kappa shape index (κ3) is 3.72. The van der Waals surface area contributed by atoms with Crippen LogP contribution in [0.25, 0.3) is 0 Å². The quantitative estimate of drug-likeness (QED) is 0.874. The first-order valence-electron chi connectivity index (χ1n) is 8.30. The number of halogens is 2. The molecule has 0 aliphatic carbocycles. The maximum absolute atomic E-state index is 13.7. The molecule has 0 aromatic heterocycles. The normalized spacial score (nSPS) is 21.8. The van der Waals surface area contributed by atoms with Crippen LogP contribution in [0.1, 0.15) is 29.6 Å². The van der Waals surface area contributed by atoms with Gasteiger partial charge in [-0.2, -0.15) is 0 Å². The van der Waals surface area contributed by atoms with E-state index in [0.717, 1.165) is 25.6 Å². The summed E-state index contributed by atoms with van der Waals surface area (Å²) in [5, 5.41) is 6.23. The van der Waals surface area contributed by atoms with Crippen LogP contribution in [0, 0.1) is 17.6 Å². The van der Waals surface area contributed by atoms with Crippen molar-refractivity contribution in [2.75, 3.05) is 26.2 Å². The van der Waals surface area contributed by atoms with Gasteiger partial charge in [-0.15, -0.1) is 0 Å². The van der Waals surface area contributed by atoms with Gasteiger partial charge in [0.25, 0.3) is 5.91 Å². The van der Waals surface area contributed by atoms with Crippen LogP contribution in [0.4, 0.5) is 8.78 Å². The summed E-state index contributed by atoms with van der Waals surface area (Å²) >= 11 is 0. The van der Waals surface area contributed by atoms with Gasteiger partial charge in [0.05, 0.1) is 5.56 Å². The highest BCUT2D eigenvalue weighted by molar-refractivity contribution is 5.94. The maximum atomic E-state index is 13.7. The van der Waals surface area contributed by atoms with Crippen LogP contribution >= 0.6 is 0 Å². The lowest BCUT2D eigenvalue weighted by molar-refractivity contribution is -0.126. The molecule has 0 bridgehead atoms. The van der Waals surface area contributed by atoms with Crippen LogP contribution in [0.2, 0.25) is 0 Å². The average Bonchev–Trinajstić information content (AvgIpc) is 3.07. The number of amides is 2. The van der Waals surface area contributed by atoms with Crippen molar-refractivity contribution < 1.29 is 18.4 Å². The van der Waals surface area contributed by atoms with Gasteiger partial charge in [-0.1, -0.05) is 0 Å². The van der Waals surface area contributed by atoms with Crippen molar-refractivity contribution in [2.45, 2.75) is 25.3 Å². The Bertz CT molecular complexity index is 624. The van der Waals surface area contributed by atoms with Gasteiger partial charge in [0, 0.05) is 37.7 Å². The van der Waals surface area contributed by atoms with E-state index in [-0.39, 0.29) is 23.4 Å². The molecule has 1 aromatic rings. The fraction of sp³-hybridized carbons (Fsp3) is 0.529. The zero-order chi connectivity index (χ0) is 17.1. The molecule has 2 amide bonds. The highest BCUT2D eigenvalue weighted by atomic mass is 19.1. The molecular formula is C17H21F2N3O2. The number of rotatable bonds is 3. The number of likely N-dealkylation sites (tertiary alicyclic amines) is 1. The second-order valence-electron chi connectivity index (χ2n) is 6.39. The summed E-state index contributed by atoms with van der Waals surface area (Å²) in [6.45, 7) is 2.52. The molecule has 130 valence electrons. The van der Waals surface area contributed by atoms with Gasteiger partial charge >= 0.3 is 0 Å². The van der Waals surface area contributed by atoms with Crippen molar-refractivity contribution in [3.8, 4) is 0 Å². The monoisotopic (exact) mass is 337 g/mol. The van der Waals surface area contributed by atoms with Gasteiger partial charge in [-0.25, -0.2) is 8.78 Å². The largest absolute Gasteiger partial charge is 0.352 e. The molecular weight excluding hydrogens is 316 g/mol. The van der Waals surface area contributed by atoms with Crippen molar-refractivity contribution in [1.29, 1.82) is 0 Å². The fourth-order valence-corrected chi connectivity index (χ4v) is 3.27. The van der Waals surface area contributed by atoms with Crippen molar-refractivity contribution in [3.63, 3.8) is 0 Å². The van der Waals surface area contributed by atoms with E-state index in [9.17, 15) is 18.4 Å². The summed E-state index contributed by atoms with van der Waals surface area (Å²) in [4.78, 5) is 26.1. The third-order valence-electron chi connectivity index (χ3n) is 4.72. The Morgan fingerprint density at radius 3 is 2.54 bits per heavy atom. The molecule has 2 saturated heterocycles. The molecule has 0 spiro atoms. The zero-order valence-corrected chi connectivity index (χ0v) is 13.4. The Morgan fingerprint density at radius 2 is 1.92 bits per heavy atom. The van der Waals surface area contributed by atoms with Crippen LogP contribution < -0.4 is 10.6 Å². The molecule has 2 N–H and O–H groups in total. The molecule has 2 aliphatic heterocycles. The molecule has 7 heteroatoms. The maximum Gasteiger partial charge on any atom is 0.256 e. The van der Waals surface area contributed by atoms with E-state index in [4.69, 9.17) is 0 Å². The van der Waals surface area contributed by atoms with Crippen molar-refractivity contribution in [3.05, 3.63) is 35.4 Å². The molecule has 1 aromatic carbocycles. The molecule has 2 fully saturated rings. The van der Waals surface area contributed by atoms with Crippen molar-refractivity contribution >= 4 is 11.8 Å². The lowest BCUT2D eigenvalue weighted by Crippen LogP contribution is -2.46. The number of carbonyl (C=O) groups excluding carboxylic acids is 2. The highest BCUT2D eigenvalue weighted by Crippen LogP contribution is 2.21. The molecule has 3 rings (SSSR count). The molecule has 5 nitrogen and oxygen atoms in total. The Labute approximate surface area is 139 Å². The number of nitrogens with zero attached hydrogens (tertiary/aromatic N) is 1. The summed E-state index contributed by atoms with van der Waals surface area (Å²) < 4.78 is 26.7. The first-order chi connectivity index (χ1) is 11.5. The van der Waals surface area contributed by atoms with Gasteiger partial charge in [0.2, 0.25) is 5.91 Å². The predicted molar refractivity (Wildman–Crippen MR) is 84.4 cm³/mol. The number of hydrogen-bond donors (Lipinski definition) is 2. The summed E-state index contributed by atoms with van der Waals surface area (Å²) in [6.07, 6.45) is 2.05. The summed E-state index contributed by atoms with van der Waals surface area (Å²) in [5.41, 5.74) is -0.128. The topological polar surface area (TPSA) is 61.4 Å². The Kier molecular flexibility index (Phi) is 5.08. The van der Waals surface area contributed by atoms with Crippen LogP contribution in [0.3, 0.4) is 0 Å². The van der Waals surface area contributed by atoms with E-state index >= 15 is 0 Å². The van der Waals surface area contributed by atoms with Crippen LogP contribution in [0.15, 0.2) is 18.2 Å². The Balaban J connectivity index is 1.54. The van der Waals surface area contributed by atoms with E-state index in [1.807, 2.05) is 0 Å². The molecule has 1 atom stereocenters. The first kappa shape index (κ1) is 16.8. The number of hydrogen-bond acceptors (Lipinski definition) is 3. The Hall–Kier alpha value is -2.02. The van der Waals surface area contributed by atoms with Crippen LogP contribution in [-0.2, 0) is 4.79 Å². The minimum atomic E-state index is -0.853. The van der Waals surface area contributed by atoms with E-state index in [2.05, 4.69) is 10.6 Å². The van der Waals surface area contributed by atoms with Crippen molar-refractivity contribution in [1.82, 2.24) is 15.5 Å². The minimum absolute atomic E-state index is 0.0313. The number of carbonyl (C=O) groups is 2. The van der Waals surface area contributed by atoms with Gasteiger partial charge in [-0.05, 0) is 37.9 Å². The van der Waals surface area contributed by atoms with Crippen LogP contribution in [-0.4, -0.2) is 48.9 Å². The van der Waals surface area contributed by atoms with Gasteiger partial charge in [0.1, 0.15) is 11.6 Å². The summed E-state index contributed by atoms with van der Waals surface area (Å²) in [5.74, 6) is -2.10. The van der Waals surface area contributed by atoms with E-state index < -0.39 is 17.5 Å². The molecule has 0 radical (unpaired) electrons. The van der Waals surface area contributed by atoms with Gasteiger partial charge < -0.3 is 15.5 Å². The highest BCUT2D eigenvalue weighted by Gasteiger charge is 2.30. The summed E-state index contributed by atoms with van der Waals surface area (Å²) in [6, 6.07) is 3.14. The average molecular weight is 337 g/mol. The van der Waals surface area contributed by atoms with Crippen molar-refractivity contribution in [2.24, 2.45) is 5.92 Å². The van der Waals surface area contributed by atoms with Gasteiger partial charge in [0.15, 0.2) is 0 Å². The van der Waals surface area contributed by atoms with E-state index in [0.29, 0.717) is 32.0 Å². The van der Waals surface area contributed by atoms with Gasteiger partial charge in [-0.3, -0.25) is 9.59 Å². The molecule has 1 unspecified atom stereocenters. The Morgan fingerprint density at radius 1 is 1.17 bits per heavy atom. The SMILES string of the molecule is O=C(NC1CCNC1)C1CCN(C(=O)c2ccc(F)cc2F)CC1. The number of benzene rings is 1. The minimum Gasteiger partial charge on any atom is -0.352 e. The zero-order valence-electron chi connectivity index (χ0n) is 13.4. The lowest BCUT2D eigenvalue weighted by Gasteiger charge is -2.32. The predicted octanol–water partition coefficient (Wildman–Crippen LogP) is 1.30. The molecule has 2 aliphatic rings. The number of nitrogens with one attached hydrogen (secondary N) is 2. The standard InChI is InChI=1S/C17H21F2N3O2/c18-12-1-2-14(15(19)9-12)17(24)22-7-4-11(5-8-22)16(23)21-13-3-6-20-10-13/h1-2,9,11,13,20H,3-8,10H2,(H,21,23). The second kappa shape index (κ2) is 7.25. The molecule has 24 heavy (non-hydrogen) atoms. The summed E-state index contributed by atoms with van der Waals surface area (Å²) in [7, 11) is 0. The van der Waals surface area contributed by atoms with E-state index in [1.54, 1.807) is 0 Å².